The third-order valence-electron chi connectivity index (χ3n) is 3.85. The van der Waals surface area contributed by atoms with Crippen molar-refractivity contribution in [2.24, 2.45) is 5.92 Å². The van der Waals surface area contributed by atoms with Crippen molar-refractivity contribution in [3.8, 4) is 11.5 Å². The fourth-order valence-electron chi connectivity index (χ4n) is 2.44. The van der Waals surface area contributed by atoms with Crippen LogP contribution in [0.1, 0.15) is 46.1 Å². The van der Waals surface area contributed by atoms with Crippen LogP contribution in [-0.4, -0.2) is 45.3 Å². The molecule has 1 aromatic carbocycles. The maximum absolute atomic E-state index is 12.5. The third kappa shape index (κ3) is 8.07. The number of carbonyl (C=O) groups excluding carboxylic acids is 1. The SMILES string of the molecule is CCCCNC(=O)N(Cc1ccc(OC)c(OS(=O)(=O)CC)c1)CC(C)C. The lowest BCUT2D eigenvalue weighted by Gasteiger charge is -2.25. The second kappa shape index (κ2) is 11.0. The van der Waals surface area contributed by atoms with Gasteiger partial charge in [0.2, 0.25) is 0 Å². The number of hydrogen-bond donors (Lipinski definition) is 1. The molecule has 27 heavy (non-hydrogen) atoms. The van der Waals surface area contributed by atoms with E-state index in [1.165, 1.54) is 14.0 Å². The van der Waals surface area contributed by atoms with Gasteiger partial charge in [0.15, 0.2) is 11.5 Å². The predicted molar refractivity (Wildman–Crippen MR) is 107 cm³/mol. The largest absolute Gasteiger partial charge is 0.493 e. The summed E-state index contributed by atoms with van der Waals surface area (Å²) < 4.78 is 34.0. The minimum Gasteiger partial charge on any atom is -0.493 e. The third-order valence-corrected chi connectivity index (χ3v) is 4.99. The Bertz CT molecular complexity index is 704. The van der Waals surface area contributed by atoms with E-state index in [0.29, 0.717) is 31.3 Å². The predicted octanol–water partition coefficient (Wildman–Crippen LogP) is 3.39. The highest BCUT2D eigenvalue weighted by Crippen LogP contribution is 2.30. The van der Waals surface area contributed by atoms with Crippen LogP contribution in [0.3, 0.4) is 0 Å². The van der Waals surface area contributed by atoms with Crippen LogP contribution in [0.4, 0.5) is 4.79 Å². The number of nitrogens with zero attached hydrogens (tertiary/aromatic N) is 1. The van der Waals surface area contributed by atoms with Gasteiger partial charge in [0.1, 0.15) is 0 Å². The number of methoxy groups -OCH3 is 1. The van der Waals surface area contributed by atoms with Crippen LogP contribution in [0.25, 0.3) is 0 Å². The maximum atomic E-state index is 12.5. The normalized spacial score (nSPS) is 11.3. The zero-order valence-corrected chi connectivity index (χ0v) is 17.8. The highest BCUT2D eigenvalue weighted by Gasteiger charge is 2.18. The summed E-state index contributed by atoms with van der Waals surface area (Å²) in [6.45, 7) is 9.25. The maximum Gasteiger partial charge on any atom is 0.317 e. The van der Waals surface area contributed by atoms with Gasteiger partial charge in [-0.1, -0.05) is 33.3 Å². The molecule has 0 aliphatic carbocycles. The second-order valence-corrected chi connectivity index (χ2v) is 8.63. The average Bonchev–Trinajstić information content (AvgIpc) is 2.61. The number of ether oxygens (including phenoxy) is 1. The Morgan fingerprint density at radius 1 is 1.22 bits per heavy atom. The number of benzene rings is 1. The molecule has 1 aromatic rings. The summed E-state index contributed by atoms with van der Waals surface area (Å²) in [5.41, 5.74) is 0.767. The first-order valence-electron chi connectivity index (χ1n) is 9.34. The molecule has 0 saturated heterocycles. The van der Waals surface area contributed by atoms with E-state index in [2.05, 4.69) is 12.2 Å². The first-order valence-corrected chi connectivity index (χ1v) is 10.9. The van der Waals surface area contributed by atoms with E-state index in [4.69, 9.17) is 8.92 Å². The molecule has 0 unspecified atom stereocenters. The quantitative estimate of drug-likeness (QED) is 0.455. The Hall–Kier alpha value is -1.96. The first-order chi connectivity index (χ1) is 12.7. The lowest BCUT2D eigenvalue weighted by atomic mass is 10.1. The van der Waals surface area contributed by atoms with Crippen molar-refractivity contribution in [2.45, 2.75) is 47.1 Å². The van der Waals surface area contributed by atoms with E-state index in [0.717, 1.165) is 18.4 Å². The van der Waals surface area contributed by atoms with Crippen molar-refractivity contribution in [1.82, 2.24) is 10.2 Å². The minimum atomic E-state index is -3.67. The van der Waals surface area contributed by atoms with E-state index < -0.39 is 10.1 Å². The first kappa shape index (κ1) is 23.1. The molecule has 0 bridgehead atoms. The lowest BCUT2D eigenvalue weighted by Crippen LogP contribution is -2.41. The zero-order valence-electron chi connectivity index (χ0n) is 16.9. The molecule has 2 amide bonds. The standard InChI is InChI=1S/C19H32N2O5S/c1-6-8-11-20-19(22)21(13-15(3)4)14-16-9-10-17(25-5)18(12-16)26-27(23,24)7-2/h9-10,12,15H,6-8,11,13-14H2,1-5H3,(H,20,22). The van der Waals surface area contributed by atoms with Gasteiger partial charge in [-0.05, 0) is 37.0 Å². The Balaban J connectivity index is 3.01. The molecule has 0 saturated carbocycles. The van der Waals surface area contributed by atoms with Crippen LogP contribution in [0.5, 0.6) is 11.5 Å². The second-order valence-electron chi connectivity index (χ2n) is 6.77. The molecule has 7 nitrogen and oxygen atoms in total. The van der Waals surface area contributed by atoms with E-state index in [-0.39, 0.29) is 17.5 Å². The summed E-state index contributed by atoms with van der Waals surface area (Å²) in [6.07, 6.45) is 1.94. The molecule has 0 atom stereocenters. The molecule has 0 spiro atoms. The number of amides is 2. The van der Waals surface area contributed by atoms with Gasteiger partial charge < -0.3 is 19.1 Å². The van der Waals surface area contributed by atoms with Crippen molar-refractivity contribution < 1.29 is 22.1 Å². The summed E-state index contributed by atoms with van der Waals surface area (Å²) in [5, 5.41) is 2.93. The monoisotopic (exact) mass is 400 g/mol. The van der Waals surface area contributed by atoms with Crippen molar-refractivity contribution >= 4 is 16.1 Å². The van der Waals surface area contributed by atoms with E-state index in [1.54, 1.807) is 23.1 Å². The minimum absolute atomic E-state index is 0.128. The van der Waals surface area contributed by atoms with Crippen LogP contribution in [-0.2, 0) is 16.7 Å². The molecule has 0 aliphatic rings. The lowest BCUT2D eigenvalue weighted by molar-refractivity contribution is 0.187. The molecule has 1 rings (SSSR count). The van der Waals surface area contributed by atoms with Crippen LogP contribution >= 0.6 is 0 Å². The molecule has 8 heteroatoms. The molecule has 0 radical (unpaired) electrons. The number of unbranched alkanes of at least 4 members (excludes halogenated alkanes) is 1. The molecule has 0 fully saturated rings. The Morgan fingerprint density at radius 2 is 1.93 bits per heavy atom. The number of rotatable bonds is 11. The fourth-order valence-corrected chi connectivity index (χ4v) is 2.97. The van der Waals surface area contributed by atoms with Crippen LogP contribution in [0.15, 0.2) is 18.2 Å². The van der Waals surface area contributed by atoms with Gasteiger partial charge in [-0.25, -0.2) is 4.79 Å². The number of urea groups is 1. The summed E-state index contributed by atoms with van der Waals surface area (Å²) in [5.74, 6) is 0.627. The number of nitrogens with one attached hydrogen (secondary N) is 1. The number of hydrogen-bond acceptors (Lipinski definition) is 5. The van der Waals surface area contributed by atoms with Crippen molar-refractivity contribution in [3.63, 3.8) is 0 Å². The molecule has 0 heterocycles. The summed E-state index contributed by atoms with van der Waals surface area (Å²) >= 11 is 0. The molecule has 0 aliphatic heterocycles. The molecular weight excluding hydrogens is 368 g/mol. The Labute approximate surface area is 163 Å². The summed E-state index contributed by atoms with van der Waals surface area (Å²) in [6, 6.07) is 4.94. The van der Waals surface area contributed by atoms with Crippen LogP contribution in [0.2, 0.25) is 0 Å². The zero-order chi connectivity index (χ0) is 20.4. The van der Waals surface area contributed by atoms with Crippen LogP contribution < -0.4 is 14.2 Å². The molecule has 154 valence electrons. The van der Waals surface area contributed by atoms with Gasteiger partial charge >= 0.3 is 16.1 Å². The van der Waals surface area contributed by atoms with Gasteiger partial charge in [0, 0.05) is 19.6 Å². The van der Waals surface area contributed by atoms with E-state index >= 15 is 0 Å². The van der Waals surface area contributed by atoms with Crippen molar-refractivity contribution in [3.05, 3.63) is 23.8 Å². The topological polar surface area (TPSA) is 84.9 Å². The molecule has 0 aromatic heterocycles. The smallest absolute Gasteiger partial charge is 0.317 e. The van der Waals surface area contributed by atoms with Gasteiger partial charge in [0.05, 0.1) is 12.9 Å². The van der Waals surface area contributed by atoms with Gasteiger partial charge in [-0.15, -0.1) is 0 Å². The highest BCUT2D eigenvalue weighted by molar-refractivity contribution is 7.87. The molecular formula is C19H32N2O5S. The Kier molecular flexibility index (Phi) is 9.41. The average molecular weight is 401 g/mol. The van der Waals surface area contributed by atoms with Crippen LogP contribution in [0, 0.1) is 5.92 Å². The highest BCUT2D eigenvalue weighted by atomic mass is 32.2. The summed E-state index contributed by atoms with van der Waals surface area (Å²) in [4.78, 5) is 14.2. The number of carbonyl (C=O) groups is 1. The Morgan fingerprint density at radius 3 is 2.48 bits per heavy atom. The molecule has 1 N–H and O–H groups in total. The van der Waals surface area contributed by atoms with Gasteiger partial charge in [-0.2, -0.15) is 8.42 Å². The van der Waals surface area contributed by atoms with Gasteiger partial charge in [0.25, 0.3) is 0 Å². The summed E-state index contributed by atoms with van der Waals surface area (Å²) in [7, 11) is -2.22. The van der Waals surface area contributed by atoms with Gasteiger partial charge in [-0.3, -0.25) is 0 Å². The fraction of sp³-hybridized carbons (Fsp3) is 0.632. The van der Waals surface area contributed by atoms with E-state index in [1.807, 2.05) is 13.8 Å². The van der Waals surface area contributed by atoms with E-state index in [9.17, 15) is 13.2 Å². The van der Waals surface area contributed by atoms with Crippen molar-refractivity contribution in [1.29, 1.82) is 0 Å². The van der Waals surface area contributed by atoms with Crippen molar-refractivity contribution in [2.75, 3.05) is 26.0 Å².